The van der Waals surface area contributed by atoms with Crippen LogP contribution in [0, 0.1) is 11.3 Å². The molecule has 2 aromatic rings. The van der Waals surface area contributed by atoms with Crippen molar-refractivity contribution in [2.75, 3.05) is 41.2 Å². The van der Waals surface area contributed by atoms with Crippen LogP contribution in [-0.2, 0) is 9.59 Å². The van der Waals surface area contributed by atoms with Crippen LogP contribution in [0.1, 0.15) is 11.1 Å². The van der Waals surface area contributed by atoms with E-state index in [0.29, 0.717) is 39.9 Å². The Morgan fingerprint density at radius 1 is 1.08 bits per heavy atom. The second kappa shape index (κ2) is 11.6. The van der Waals surface area contributed by atoms with Crippen LogP contribution < -0.4 is 29.0 Å². The Morgan fingerprint density at radius 2 is 1.79 bits per heavy atom. The van der Waals surface area contributed by atoms with Gasteiger partial charge in [0.15, 0.2) is 23.0 Å². The molecule has 196 valence electrons. The van der Waals surface area contributed by atoms with Crippen molar-refractivity contribution < 1.29 is 38.1 Å². The predicted octanol–water partition coefficient (Wildman–Crippen LogP) is 3.20. The minimum absolute atomic E-state index is 0.0332. The fraction of sp³-hybridized carbons (Fsp3) is 0.231. The van der Waals surface area contributed by atoms with E-state index in [9.17, 15) is 19.6 Å². The van der Waals surface area contributed by atoms with Gasteiger partial charge in [0, 0.05) is 13.1 Å². The number of fused-ring (bicyclic) bond motifs is 1. The summed E-state index contributed by atoms with van der Waals surface area (Å²) in [6.07, 6.45) is 2.97. The lowest BCUT2D eigenvalue weighted by molar-refractivity contribution is -0.123. The first-order valence-electron chi connectivity index (χ1n) is 11.2. The largest absolute Gasteiger partial charge is 0.493 e. The van der Waals surface area contributed by atoms with Crippen LogP contribution >= 0.6 is 11.8 Å². The summed E-state index contributed by atoms with van der Waals surface area (Å²) < 4.78 is 26.5. The van der Waals surface area contributed by atoms with E-state index in [0.717, 1.165) is 16.7 Å². The summed E-state index contributed by atoms with van der Waals surface area (Å²) >= 11 is 0.782. The van der Waals surface area contributed by atoms with Crippen molar-refractivity contribution in [3.05, 3.63) is 51.9 Å². The van der Waals surface area contributed by atoms with Gasteiger partial charge in [-0.05, 0) is 59.3 Å². The zero-order valence-electron chi connectivity index (χ0n) is 20.7. The van der Waals surface area contributed by atoms with Gasteiger partial charge in [-0.2, -0.15) is 5.26 Å². The highest BCUT2D eigenvalue weighted by Crippen LogP contribution is 2.40. The SMILES string of the molecule is COc1cc(C=C2SC(=O)N(CCNC(=O)C(C#N)=Cc3ccc4c(c3)OCO4)C2=O)cc(OC)c1OC. The summed E-state index contributed by atoms with van der Waals surface area (Å²) in [6, 6.07) is 10.2. The average molecular weight is 538 g/mol. The number of hydrogen-bond acceptors (Lipinski definition) is 10. The summed E-state index contributed by atoms with van der Waals surface area (Å²) in [5.74, 6) is 1.19. The molecule has 0 saturated carbocycles. The molecule has 0 radical (unpaired) electrons. The van der Waals surface area contributed by atoms with Gasteiger partial charge in [-0.3, -0.25) is 19.3 Å². The molecule has 0 bridgehead atoms. The molecule has 2 aliphatic rings. The van der Waals surface area contributed by atoms with Crippen LogP contribution in [0.5, 0.6) is 28.7 Å². The van der Waals surface area contributed by atoms with Crippen molar-refractivity contribution in [2.45, 2.75) is 0 Å². The molecule has 0 atom stereocenters. The van der Waals surface area contributed by atoms with Crippen molar-refractivity contribution in [1.29, 1.82) is 5.26 Å². The molecule has 0 spiro atoms. The Bertz CT molecular complexity index is 1370. The summed E-state index contributed by atoms with van der Waals surface area (Å²) in [7, 11) is 4.44. The molecule has 4 rings (SSSR count). The number of nitrogens with zero attached hydrogens (tertiary/aromatic N) is 2. The summed E-state index contributed by atoms with van der Waals surface area (Å²) in [5, 5.41) is 11.5. The van der Waals surface area contributed by atoms with E-state index in [2.05, 4.69) is 5.32 Å². The lowest BCUT2D eigenvalue weighted by Gasteiger charge is -2.13. The lowest BCUT2D eigenvalue weighted by Crippen LogP contribution is -2.37. The third kappa shape index (κ3) is 5.52. The molecule has 38 heavy (non-hydrogen) atoms. The molecule has 2 aliphatic heterocycles. The number of ether oxygens (including phenoxy) is 5. The highest BCUT2D eigenvalue weighted by Gasteiger charge is 2.35. The molecule has 0 aliphatic carbocycles. The Morgan fingerprint density at radius 3 is 2.45 bits per heavy atom. The van der Waals surface area contributed by atoms with E-state index in [1.807, 2.05) is 6.07 Å². The van der Waals surface area contributed by atoms with E-state index in [1.165, 1.54) is 27.4 Å². The predicted molar refractivity (Wildman–Crippen MR) is 138 cm³/mol. The van der Waals surface area contributed by atoms with Gasteiger partial charge >= 0.3 is 0 Å². The molecule has 0 aromatic heterocycles. The first-order chi connectivity index (χ1) is 18.4. The van der Waals surface area contributed by atoms with E-state index in [-0.39, 0.29) is 30.4 Å². The highest BCUT2D eigenvalue weighted by molar-refractivity contribution is 8.18. The molecular formula is C26H23N3O8S. The number of amides is 3. The number of hydrogen-bond donors (Lipinski definition) is 1. The Balaban J connectivity index is 1.40. The number of thioether (sulfide) groups is 1. The number of imide groups is 1. The molecule has 12 heteroatoms. The Labute approximate surface area is 222 Å². The van der Waals surface area contributed by atoms with Crippen molar-refractivity contribution in [2.24, 2.45) is 0 Å². The van der Waals surface area contributed by atoms with Crippen LogP contribution in [0.3, 0.4) is 0 Å². The van der Waals surface area contributed by atoms with Crippen molar-refractivity contribution in [3.8, 4) is 34.8 Å². The normalized spacial score (nSPS) is 15.5. The van der Waals surface area contributed by atoms with E-state index in [1.54, 1.807) is 36.4 Å². The second-order valence-corrected chi connectivity index (χ2v) is 8.82. The van der Waals surface area contributed by atoms with Crippen LogP contribution in [0.2, 0.25) is 0 Å². The Hall–Kier alpha value is -4.63. The molecule has 2 heterocycles. The number of methoxy groups -OCH3 is 3. The summed E-state index contributed by atoms with van der Waals surface area (Å²) in [6.45, 7) is 0.0138. The number of benzene rings is 2. The maximum absolute atomic E-state index is 12.9. The number of nitrogens with one attached hydrogen (secondary N) is 1. The van der Waals surface area contributed by atoms with Gasteiger partial charge in [0.1, 0.15) is 11.6 Å². The zero-order valence-corrected chi connectivity index (χ0v) is 21.5. The molecule has 1 N–H and O–H groups in total. The summed E-state index contributed by atoms with van der Waals surface area (Å²) in [5.41, 5.74) is 1.02. The number of carbonyl (C=O) groups excluding carboxylic acids is 3. The van der Waals surface area contributed by atoms with Crippen molar-refractivity contribution >= 4 is 41.0 Å². The van der Waals surface area contributed by atoms with Crippen LogP contribution in [0.15, 0.2) is 40.8 Å². The molecule has 11 nitrogen and oxygen atoms in total. The molecular weight excluding hydrogens is 514 g/mol. The first-order valence-corrected chi connectivity index (χ1v) is 12.0. The molecule has 1 saturated heterocycles. The minimum atomic E-state index is -0.634. The second-order valence-electron chi connectivity index (χ2n) is 7.83. The average Bonchev–Trinajstić information content (AvgIpc) is 3.50. The first kappa shape index (κ1) is 26.4. The maximum atomic E-state index is 12.9. The van der Waals surface area contributed by atoms with Crippen LogP contribution in [0.4, 0.5) is 4.79 Å². The zero-order chi connectivity index (χ0) is 27.2. The highest BCUT2D eigenvalue weighted by atomic mass is 32.2. The molecule has 2 aromatic carbocycles. The molecule has 0 unspecified atom stereocenters. The topological polar surface area (TPSA) is 136 Å². The monoisotopic (exact) mass is 537 g/mol. The fourth-order valence-corrected chi connectivity index (χ4v) is 4.59. The third-order valence-corrected chi connectivity index (χ3v) is 6.46. The van der Waals surface area contributed by atoms with Gasteiger partial charge in [-0.15, -0.1) is 0 Å². The van der Waals surface area contributed by atoms with Crippen LogP contribution in [-0.4, -0.2) is 63.2 Å². The summed E-state index contributed by atoms with van der Waals surface area (Å²) in [4.78, 5) is 39.1. The van der Waals surface area contributed by atoms with Gasteiger partial charge in [-0.1, -0.05) is 6.07 Å². The van der Waals surface area contributed by atoms with E-state index >= 15 is 0 Å². The number of nitriles is 1. The van der Waals surface area contributed by atoms with Gasteiger partial charge in [0.05, 0.1) is 26.2 Å². The quantitative estimate of drug-likeness (QED) is 0.375. The smallest absolute Gasteiger partial charge is 0.293 e. The molecule has 3 amide bonds. The minimum Gasteiger partial charge on any atom is -0.493 e. The fourth-order valence-electron chi connectivity index (χ4n) is 3.72. The molecule has 1 fully saturated rings. The van der Waals surface area contributed by atoms with Crippen molar-refractivity contribution in [3.63, 3.8) is 0 Å². The van der Waals surface area contributed by atoms with E-state index < -0.39 is 17.1 Å². The lowest BCUT2D eigenvalue weighted by atomic mass is 10.1. The number of rotatable bonds is 9. The maximum Gasteiger partial charge on any atom is 0.293 e. The Kier molecular flexibility index (Phi) is 8.08. The van der Waals surface area contributed by atoms with Crippen molar-refractivity contribution in [1.82, 2.24) is 10.2 Å². The van der Waals surface area contributed by atoms with Gasteiger partial charge in [0.2, 0.25) is 12.5 Å². The van der Waals surface area contributed by atoms with Crippen LogP contribution in [0.25, 0.3) is 12.2 Å². The standard InChI is InChI=1S/C26H23N3O8S/c1-33-20-10-16(11-21(34-2)23(20)35-3)12-22-25(31)29(26(32)38-22)7-6-28-24(30)17(13-27)8-15-4-5-18-19(9-15)37-14-36-18/h4-5,8-12H,6-7,14H2,1-3H3,(H,28,30). The third-order valence-electron chi connectivity index (χ3n) is 5.55. The number of carbonyl (C=O) groups is 3. The van der Waals surface area contributed by atoms with Gasteiger partial charge in [-0.25, -0.2) is 0 Å². The van der Waals surface area contributed by atoms with Gasteiger partial charge < -0.3 is 29.0 Å². The van der Waals surface area contributed by atoms with E-state index in [4.69, 9.17) is 23.7 Å². The van der Waals surface area contributed by atoms with Gasteiger partial charge in [0.25, 0.3) is 17.1 Å².